The monoisotopic (exact) mass is 527 g/mol. The van der Waals surface area contributed by atoms with E-state index in [2.05, 4.69) is 26.6 Å². The molecule has 2 aromatic rings. The van der Waals surface area contributed by atoms with Crippen LogP contribution in [0.1, 0.15) is 37.3 Å². The zero-order chi connectivity index (χ0) is 24.3. The van der Waals surface area contributed by atoms with Crippen LogP contribution in [0.15, 0.2) is 59.1 Å². The van der Waals surface area contributed by atoms with Crippen molar-refractivity contribution in [3.05, 3.63) is 70.2 Å². The number of rotatable bonds is 8. The molecule has 2 heterocycles. The fraction of sp³-hybridized carbons (Fsp3) is 0.385. The molecule has 2 aliphatic heterocycles. The molecule has 0 aliphatic carbocycles. The standard InChI is InChI=1S/C26H30BrN3O4/c1-17(5-2-3-14-31)26(34)21-15-19(27)9-12-23(21)30(25(26)33)16-18-7-10-20(11-8-18)29-24(32)22-6-4-13-28-22/h2,5,7-12,15,17,22,28,31,34H,3-4,6,13-14,16H2,1H3,(H,29,32)/b5-2+/t17-,22-,26+/m1/s1. The van der Waals surface area contributed by atoms with Gasteiger partial charge in [-0.25, -0.2) is 0 Å². The molecule has 2 amide bonds. The number of hydrogen-bond acceptors (Lipinski definition) is 5. The fourth-order valence-electron chi connectivity index (χ4n) is 4.60. The number of hydrogen-bond donors (Lipinski definition) is 4. The van der Waals surface area contributed by atoms with E-state index in [0.29, 0.717) is 29.9 Å². The lowest BCUT2D eigenvalue weighted by molar-refractivity contribution is -0.139. The van der Waals surface area contributed by atoms with E-state index in [4.69, 9.17) is 5.11 Å². The van der Waals surface area contributed by atoms with Crippen molar-refractivity contribution in [3.63, 3.8) is 0 Å². The van der Waals surface area contributed by atoms with Crippen molar-refractivity contribution in [2.45, 2.75) is 44.4 Å². The van der Waals surface area contributed by atoms with Crippen LogP contribution < -0.4 is 15.5 Å². The Morgan fingerprint density at radius 1 is 1.32 bits per heavy atom. The third-order valence-electron chi connectivity index (χ3n) is 6.55. The second-order valence-electron chi connectivity index (χ2n) is 8.88. The van der Waals surface area contributed by atoms with Gasteiger partial charge in [0.2, 0.25) is 5.91 Å². The van der Waals surface area contributed by atoms with Gasteiger partial charge in [0.1, 0.15) is 0 Å². The van der Waals surface area contributed by atoms with Gasteiger partial charge in [-0.3, -0.25) is 9.59 Å². The molecule has 1 saturated heterocycles. The predicted octanol–water partition coefficient (Wildman–Crippen LogP) is 3.45. The van der Waals surface area contributed by atoms with Crippen LogP contribution in [-0.2, 0) is 21.7 Å². The highest BCUT2D eigenvalue weighted by Crippen LogP contribution is 2.46. The van der Waals surface area contributed by atoms with E-state index in [9.17, 15) is 14.7 Å². The average Bonchev–Trinajstić information content (AvgIpc) is 3.44. The van der Waals surface area contributed by atoms with Gasteiger partial charge in [-0.1, -0.05) is 47.1 Å². The zero-order valence-electron chi connectivity index (χ0n) is 19.1. The summed E-state index contributed by atoms with van der Waals surface area (Å²) in [6.07, 6.45) is 5.86. The van der Waals surface area contributed by atoms with Gasteiger partial charge in [-0.15, -0.1) is 0 Å². The quantitative estimate of drug-likeness (QED) is 0.394. The Hall–Kier alpha value is -2.52. The summed E-state index contributed by atoms with van der Waals surface area (Å²) in [4.78, 5) is 27.5. The summed E-state index contributed by atoms with van der Waals surface area (Å²) < 4.78 is 0.780. The van der Waals surface area contributed by atoms with Gasteiger partial charge in [0.15, 0.2) is 5.60 Å². The van der Waals surface area contributed by atoms with Gasteiger partial charge in [-0.05, 0) is 61.7 Å². The topological polar surface area (TPSA) is 102 Å². The van der Waals surface area contributed by atoms with Crippen LogP contribution in [0.25, 0.3) is 0 Å². The molecule has 2 aromatic carbocycles. The van der Waals surface area contributed by atoms with Gasteiger partial charge in [0, 0.05) is 28.2 Å². The molecule has 0 unspecified atom stereocenters. The first-order valence-electron chi connectivity index (χ1n) is 11.6. The highest BCUT2D eigenvalue weighted by atomic mass is 79.9. The van der Waals surface area contributed by atoms with E-state index < -0.39 is 11.5 Å². The Morgan fingerprint density at radius 3 is 2.76 bits per heavy atom. The molecule has 0 radical (unpaired) electrons. The van der Waals surface area contributed by atoms with Crippen LogP contribution in [0.2, 0.25) is 0 Å². The van der Waals surface area contributed by atoms with Crippen molar-refractivity contribution in [1.82, 2.24) is 5.32 Å². The summed E-state index contributed by atoms with van der Waals surface area (Å²) in [5.74, 6) is -0.898. The van der Waals surface area contributed by atoms with E-state index in [1.54, 1.807) is 30.0 Å². The Morgan fingerprint density at radius 2 is 2.09 bits per heavy atom. The van der Waals surface area contributed by atoms with Gasteiger partial charge in [0.05, 0.1) is 18.3 Å². The van der Waals surface area contributed by atoms with E-state index in [1.807, 2.05) is 36.4 Å². The predicted molar refractivity (Wildman–Crippen MR) is 135 cm³/mol. The maximum Gasteiger partial charge on any atom is 0.264 e. The summed E-state index contributed by atoms with van der Waals surface area (Å²) in [6.45, 7) is 2.97. The lowest BCUT2D eigenvalue weighted by Gasteiger charge is -2.27. The number of amides is 2. The third kappa shape index (κ3) is 4.81. The Bertz CT molecular complexity index is 1080. The molecule has 0 bridgehead atoms. The van der Waals surface area contributed by atoms with Crippen molar-refractivity contribution in [2.24, 2.45) is 5.92 Å². The number of anilines is 2. The van der Waals surface area contributed by atoms with Gasteiger partial charge < -0.3 is 25.7 Å². The van der Waals surface area contributed by atoms with Gasteiger partial charge in [-0.2, -0.15) is 0 Å². The maximum absolute atomic E-state index is 13.5. The number of benzene rings is 2. The zero-order valence-corrected chi connectivity index (χ0v) is 20.7. The van der Waals surface area contributed by atoms with Crippen LogP contribution in [0.4, 0.5) is 11.4 Å². The first-order valence-corrected chi connectivity index (χ1v) is 12.4. The van der Waals surface area contributed by atoms with Crippen LogP contribution in [0.3, 0.4) is 0 Å². The lowest BCUT2D eigenvalue weighted by Crippen LogP contribution is -2.44. The largest absolute Gasteiger partial charge is 0.396 e. The minimum Gasteiger partial charge on any atom is -0.396 e. The first kappa shape index (κ1) is 24.6. The molecule has 4 rings (SSSR count). The lowest BCUT2D eigenvalue weighted by atomic mass is 9.83. The molecular formula is C26H30BrN3O4. The van der Waals surface area contributed by atoms with Crippen LogP contribution in [0.5, 0.6) is 0 Å². The number of aliphatic hydroxyl groups is 2. The normalized spacial score (nSPS) is 22.9. The minimum absolute atomic E-state index is 0.0114. The van der Waals surface area contributed by atoms with Crippen LogP contribution in [0, 0.1) is 5.92 Å². The summed E-state index contributed by atoms with van der Waals surface area (Å²) in [5.41, 5.74) is 1.11. The minimum atomic E-state index is -1.70. The van der Waals surface area contributed by atoms with E-state index >= 15 is 0 Å². The Balaban J connectivity index is 1.54. The molecule has 3 atom stereocenters. The SMILES string of the molecule is C[C@H](/C=C/CCO)[C@@]1(O)C(=O)N(Cc2ccc(NC(=O)[C@H]3CCCN3)cc2)c2ccc(Br)cc21. The second-order valence-corrected chi connectivity index (χ2v) is 9.80. The summed E-state index contributed by atoms with van der Waals surface area (Å²) in [5, 5.41) is 26.8. The van der Waals surface area contributed by atoms with Crippen LogP contribution >= 0.6 is 15.9 Å². The number of aliphatic hydroxyl groups excluding tert-OH is 1. The number of nitrogens with zero attached hydrogens (tertiary/aromatic N) is 1. The smallest absolute Gasteiger partial charge is 0.264 e. The molecular weight excluding hydrogens is 498 g/mol. The maximum atomic E-state index is 13.5. The highest BCUT2D eigenvalue weighted by Gasteiger charge is 2.52. The molecule has 4 N–H and O–H groups in total. The fourth-order valence-corrected chi connectivity index (χ4v) is 4.97. The second kappa shape index (κ2) is 10.4. The number of carbonyl (C=O) groups is 2. The van der Waals surface area contributed by atoms with Gasteiger partial charge >= 0.3 is 0 Å². The van der Waals surface area contributed by atoms with Crippen molar-refractivity contribution < 1.29 is 19.8 Å². The van der Waals surface area contributed by atoms with E-state index in [-0.39, 0.29) is 24.5 Å². The first-order chi connectivity index (χ1) is 16.3. The van der Waals surface area contributed by atoms with Gasteiger partial charge in [0.25, 0.3) is 5.91 Å². The number of halogens is 1. The van der Waals surface area contributed by atoms with E-state index in [0.717, 1.165) is 29.4 Å². The molecule has 2 aliphatic rings. The Labute approximate surface area is 208 Å². The highest BCUT2D eigenvalue weighted by molar-refractivity contribution is 9.10. The molecule has 7 nitrogen and oxygen atoms in total. The summed E-state index contributed by atoms with van der Waals surface area (Å²) in [6, 6.07) is 12.8. The molecule has 180 valence electrons. The molecule has 1 fully saturated rings. The van der Waals surface area contributed by atoms with Crippen molar-refractivity contribution >= 4 is 39.1 Å². The molecule has 0 spiro atoms. The van der Waals surface area contributed by atoms with E-state index in [1.165, 1.54) is 0 Å². The van der Waals surface area contributed by atoms with Crippen molar-refractivity contribution in [3.8, 4) is 0 Å². The molecule has 8 heteroatoms. The van der Waals surface area contributed by atoms with Crippen molar-refractivity contribution in [2.75, 3.05) is 23.4 Å². The van der Waals surface area contributed by atoms with Crippen LogP contribution in [-0.4, -0.2) is 41.2 Å². The summed E-state index contributed by atoms with van der Waals surface area (Å²) in [7, 11) is 0. The molecule has 34 heavy (non-hydrogen) atoms. The summed E-state index contributed by atoms with van der Waals surface area (Å²) >= 11 is 3.46. The number of carbonyl (C=O) groups excluding carboxylic acids is 2. The average molecular weight is 528 g/mol. The Kier molecular flexibility index (Phi) is 7.52. The molecule has 0 saturated carbocycles. The molecule has 0 aromatic heterocycles. The van der Waals surface area contributed by atoms with Crippen molar-refractivity contribution in [1.29, 1.82) is 0 Å². The third-order valence-corrected chi connectivity index (χ3v) is 7.04. The number of fused-ring (bicyclic) bond motifs is 1. The number of nitrogens with one attached hydrogen (secondary N) is 2.